The molecule has 1 atom stereocenters. The molecule has 100 valence electrons. The van der Waals surface area contributed by atoms with Crippen molar-refractivity contribution in [1.29, 1.82) is 0 Å². The van der Waals surface area contributed by atoms with E-state index in [1.165, 1.54) is 24.0 Å². The van der Waals surface area contributed by atoms with Crippen LogP contribution in [0.5, 0.6) is 11.5 Å². The fourth-order valence-electron chi connectivity index (χ4n) is 2.70. The Morgan fingerprint density at radius 1 is 1.22 bits per heavy atom. The Kier molecular flexibility index (Phi) is 4.48. The molecule has 2 rings (SSSR count). The van der Waals surface area contributed by atoms with Crippen LogP contribution in [0.1, 0.15) is 36.8 Å². The van der Waals surface area contributed by atoms with Crippen LogP contribution in [0.15, 0.2) is 12.1 Å². The van der Waals surface area contributed by atoms with Gasteiger partial charge in [0.05, 0.1) is 14.2 Å². The Hall–Kier alpha value is -1.22. The van der Waals surface area contributed by atoms with Crippen molar-refractivity contribution >= 4 is 0 Å². The van der Waals surface area contributed by atoms with Crippen molar-refractivity contribution < 1.29 is 9.47 Å². The molecule has 1 unspecified atom stereocenters. The van der Waals surface area contributed by atoms with Crippen LogP contribution >= 0.6 is 0 Å². The van der Waals surface area contributed by atoms with Gasteiger partial charge >= 0.3 is 0 Å². The fourth-order valence-corrected chi connectivity index (χ4v) is 2.70. The fraction of sp³-hybridized carbons (Fsp3) is 0.600. The average molecular weight is 249 g/mol. The van der Waals surface area contributed by atoms with E-state index in [0.717, 1.165) is 31.0 Å². The summed E-state index contributed by atoms with van der Waals surface area (Å²) in [6, 6.07) is 4.29. The number of hydrogen-bond donors (Lipinski definition) is 1. The molecule has 0 bridgehead atoms. The Bertz CT molecular complexity index is 398. The quantitative estimate of drug-likeness (QED) is 0.890. The van der Waals surface area contributed by atoms with Crippen molar-refractivity contribution in [1.82, 2.24) is 5.32 Å². The lowest BCUT2D eigenvalue weighted by atomic mass is 9.89. The third kappa shape index (κ3) is 2.61. The monoisotopic (exact) mass is 249 g/mol. The van der Waals surface area contributed by atoms with Crippen LogP contribution in [0.2, 0.25) is 0 Å². The second-order valence-corrected chi connectivity index (χ2v) is 4.80. The van der Waals surface area contributed by atoms with Crippen molar-refractivity contribution in [3.8, 4) is 11.5 Å². The van der Waals surface area contributed by atoms with E-state index < -0.39 is 0 Å². The molecule has 0 aliphatic carbocycles. The van der Waals surface area contributed by atoms with Gasteiger partial charge in [-0.2, -0.15) is 0 Å². The van der Waals surface area contributed by atoms with E-state index in [0.29, 0.717) is 5.92 Å². The number of hydrogen-bond acceptors (Lipinski definition) is 3. The van der Waals surface area contributed by atoms with Gasteiger partial charge < -0.3 is 14.8 Å². The van der Waals surface area contributed by atoms with Gasteiger partial charge in [-0.1, -0.05) is 6.92 Å². The van der Waals surface area contributed by atoms with Crippen LogP contribution in [0.3, 0.4) is 0 Å². The maximum atomic E-state index is 5.53. The maximum Gasteiger partial charge on any atom is 0.126 e. The van der Waals surface area contributed by atoms with Gasteiger partial charge in [-0.05, 0) is 43.0 Å². The van der Waals surface area contributed by atoms with Crippen LogP contribution in [-0.4, -0.2) is 27.3 Å². The summed E-state index contributed by atoms with van der Waals surface area (Å²) in [5, 5.41) is 3.46. The molecule has 0 saturated carbocycles. The number of methoxy groups -OCH3 is 2. The van der Waals surface area contributed by atoms with Crippen molar-refractivity contribution in [2.45, 2.75) is 32.1 Å². The predicted octanol–water partition coefficient (Wildman–Crippen LogP) is 2.73. The summed E-state index contributed by atoms with van der Waals surface area (Å²) in [5.74, 6) is 2.45. The van der Waals surface area contributed by atoms with E-state index in [1.54, 1.807) is 14.2 Å². The molecule has 1 aliphatic rings. The van der Waals surface area contributed by atoms with Crippen LogP contribution in [0.25, 0.3) is 0 Å². The van der Waals surface area contributed by atoms with Gasteiger partial charge in [-0.3, -0.25) is 0 Å². The Balaban J connectivity index is 2.37. The minimum Gasteiger partial charge on any atom is -0.496 e. The number of aryl methyl sites for hydroxylation is 1. The van der Waals surface area contributed by atoms with E-state index in [9.17, 15) is 0 Å². The van der Waals surface area contributed by atoms with E-state index in [4.69, 9.17) is 9.47 Å². The molecule has 1 aromatic rings. The van der Waals surface area contributed by atoms with E-state index >= 15 is 0 Å². The van der Waals surface area contributed by atoms with Crippen LogP contribution in [0, 0.1) is 0 Å². The molecule has 1 N–H and O–H groups in total. The third-order valence-electron chi connectivity index (χ3n) is 3.75. The Morgan fingerprint density at radius 2 is 2.00 bits per heavy atom. The summed E-state index contributed by atoms with van der Waals surface area (Å²) in [4.78, 5) is 0. The molecule has 0 amide bonds. The summed E-state index contributed by atoms with van der Waals surface area (Å²) < 4.78 is 11.0. The minimum absolute atomic E-state index is 0.560. The molecule has 1 aromatic carbocycles. The highest BCUT2D eigenvalue weighted by Gasteiger charge is 2.20. The molecule has 0 spiro atoms. The lowest BCUT2D eigenvalue weighted by Crippen LogP contribution is -2.28. The molecule has 0 aromatic heterocycles. The van der Waals surface area contributed by atoms with Crippen LogP contribution in [-0.2, 0) is 6.42 Å². The van der Waals surface area contributed by atoms with Crippen molar-refractivity contribution in [3.63, 3.8) is 0 Å². The number of nitrogens with one attached hydrogen (secondary N) is 1. The highest BCUT2D eigenvalue weighted by Crippen LogP contribution is 2.36. The first-order valence-corrected chi connectivity index (χ1v) is 6.75. The van der Waals surface area contributed by atoms with Gasteiger partial charge in [0.15, 0.2) is 0 Å². The SMILES string of the molecule is CCc1cc(C2CCCNC2)c(OC)cc1OC. The zero-order chi connectivity index (χ0) is 13.0. The van der Waals surface area contributed by atoms with Gasteiger partial charge in [0.2, 0.25) is 0 Å². The Labute approximate surface area is 109 Å². The summed E-state index contributed by atoms with van der Waals surface area (Å²) in [6.07, 6.45) is 3.46. The van der Waals surface area contributed by atoms with Crippen molar-refractivity contribution in [2.75, 3.05) is 27.3 Å². The first-order valence-electron chi connectivity index (χ1n) is 6.75. The highest BCUT2D eigenvalue weighted by molar-refractivity contribution is 5.48. The third-order valence-corrected chi connectivity index (χ3v) is 3.75. The highest BCUT2D eigenvalue weighted by atomic mass is 16.5. The van der Waals surface area contributed by atoms with Crippen LogP contribution in [0.4, 0.5) is 0 Å². The molecule has 1 heterocycles. The predicted molar refractivity (Wildman–Crippen MR) is 73.8 cm³/mol. The summed E-state index contributed by atoms with van der Waals surface area (Å²) >= 11 is 0. The molecule has 3 heteroatoms. The average Bonchev–Trinajstić information content (AvgIpc) is 2.46. The molecule has 3 nitrogen and oxygen atoms in total. The molecule has 18 heavy (non-hydrogen) atoms. The van der Waals surface area contributed by atoms with Gasteiger partial charge in [0.1, 0.15) is 11.5 Å². The van der Waals surface area contributed by atoms with Gasteiger partial charge in [-0.15, -0.1) is 0 Å². The number of rotatable bonds is 4. The molecule has 1 aliphatic heterocycles. The maximum absolute atomic E-state index is 5.53. The molecular formula is C15H23NO2. The second kappa shape index (κ2) is 6.10. The topological polar surface area (TPSA) is 30.5 Å². The normalized spacial score (nSPS) is 19.6. The van der Waals surface area contributed by atoms with E-state index in [1.807, 2.05) is 6.07 Å². The standard InChI is InChI=1S/C15H23NO2/c1-4-11-8-13(12-6-5-7-16-10-12)15(18-3)9-14(11)17-2/h8-9,12,16H,4-7,10H2,1-3H3. The first kappa shape index (κ1) is 13.2. The summed E-state index contributed by atoms with van der Waals surface area (Å²) in [6.45, 7) is 4.34. The molecule has 1 fully saturated rings. The van der Waals surface area contributed by atoms with E-state index in [-0.39, 0.29) is 0 Å². The van der Waals surface area contributed by atoms with Crippen LogP contribution < -0.4 is 14.8 Å². The zero-order valence-corrected chi connectivity index (χ0v) is 11.6. The van der Waals surface area contributed by atoms with Crippen molar-refractivity contribution in [2.24, 2.45) is 0 Å². The number of ether oxygens (including phenoxy) is 2. The number of piperidine rings is 1. The van der Waals surface area contributed by atoms with Gasteiger partial charge in [0.25, 0.3) is 0 Å². The number of benzene rings is 1. The first-order chi connectivity index (χ1) is 8.80. The second-order valence-electron chi connectivity index (χ2n) is 4.80. The molecule has 0 radical (unpaired) electrons. The summed E-state index contributed by atoms with van der Waals surface area (Å²) in [5.41, 5.74) is 2.58. The zero-order valence-electron chi connectivity index (χ0n) is 11.6. The minimum atomic E-state index is 0.560. The largest absolute Gasteiger partial charge is 0.496 e. The van der Waals surface area contributed by atoms with Gasteiger partial charge in [0, 0.05) is 18.5 Å². The smallest absolute Gasteiger partial charge is 0.126 e. The van der Waals surface area contributed by atoms with Gasteiger partial charge in [-0.25, -0.2) is 0 Å². The summed E-state index contributed by atoms with van der Waals surface area (Å²) in [7, 11) is 3.45. The molecular weight excluding hydrogens is 226 g/mol. The lowest BCUT2D eigenvalue weighted by molar-refractivity contribution is 0.378. The van der Waals surface area contributed by atoms with E-state index in [2.05, 4.69) is 18.3 Å². The molecule has 1 saturated heterocycles. The van der Waals surface area contributed by atoms with Crippen molar-refractivity contribution in [3.05, 3.63) is 23.3 Å². The Morgan fingerprint density at radius 3 is 2.56 bits per heavy atom. The lowest BCUT2D eigenvalue weighted by Gasteiger charge is -2.25.